The van der Waals surface area contributed by atoms with Gasteiger partial charge in [0.15, 0.2) is 16.4 Å². The van der Waals surface area contributed by atoms with Gasteiger partial charge in [0.25, 0.3) is 11.8 Å². The molecule has 1 fully saturated rings. The van der Waals surface area contributed by atoms with Gasteiger partial charge in [-0.25, -0.2) is 8.42 Å². The lowest BCUT2D eigenvalue weighted by Gasteiger charge is -2.33. The lowest BCUT2D eigenvalue weighted by molar-refractivity contribution is -0.118. The Morgan fingerprint density at radius 3 is 2.58 bits per heavy atom. The summed E-state index contributed by atoms with van der Waals surface area (Å²) in [6.07, 6.45) is 3.00. The van der Waals surface area contributed by atoms with Crippen LogP contribution in [0.15, 0.2) is 18.2 Å². The molecule has 36 heavy (non-hydrogen) atoms. The van der Waals surface area contributed by atoms with Gasteiger partial charge < -0.3 is 15.4 Å². The van der Waals surface area contributed by atoms with Gasteiger partial charge in [-0.3, -0.25) is 9.59 Å². The number of ether oxygens (including phenoxy) is 1. The van der Waals surface area contributed by atoms with Crippen LogP contribution >= 0.6 is 11.3 Å². The van der Waals surface area contributed by atoms with Gasteiger partial charge in [0.05, 0.1) is 17.1 Å². The zero-order valence-corrected chi connectivity index (χ0v) is 23.3. The molecule has 0 saturated carbocycles. The smallest absolute Gasteiger partial charge is 0.262 e. The van der Waals surface area contributed by atoms with E-state index < -0.39 is 15.9 Å². The molecule has 0 radical (unpaired) electrons. The minimum atomic E-state index is -3.12. The highest BCUT2D eigenvalue weighted by molar-refractivity contribution is 7.91. The predicted octanol–water partition coefficient (Wildman–Crippen LogP) is 4.45. The maximum absolute atomic E-state index is 13.4. The minimum absolute atomic E-state index is 0.0391. The van der Waals surface area contributed by atoms with Gasteiger partial charge in [-0.15, -0.1) is 11.3 Å². The number of benzene rings is 1. The summed E-state index contributed by atoms with van der Waals surface area (Å²) >= 11 is 1.46. The summed E-state index contributed by atoms with van der Waals surface area (Å²) < 4.78 is 29.6. The average molecular weight is 533 g/mol. The molecule has 7 nitrogen and oxygen atoms in total. The first-order valence-electron chi connectivity index (χ1n) is 12.5. The van der Waals surface area contributed by atoms with Crippen LogP contribution in [0.2, 0.25) is 0 Å². The number of sulfone groups is 1. The number of thiophene rings is 1. The highest BCUT2D eigenvalue weighted by Crippen LogP contribution is 2.44. The Bertz CT molecular complexity index is 1270. The number of rotatable bonds is 6. The molecule has 0 bridgehead atoms. The number of hydrogen-bond acceptors (Lipinski definition) is 6. The lowest BCUT2D eigenvalue weighted by Crippen LogP contribution is -2.36. The SMILES string of the molecule is Cc1cccc(OCC(=O)Nc2sc3c(c2C(=O)NC2CCS(=O)(=O)C2)CCC(C(C)(C)C)C3)c1C. The van der Waals surface area contributed by atoms with Gasteiger partial charge in [0.2, 0.25) is 0 Å². The minimum Gasteiger partial charge on any atom is -0.483 e. The summed E-state index contributed by atoms with van der Waals surface area (Å²) in [6.45, 7) is 10.5. The fourth-order valence-electron chi connectivity index (χ4n) is 5.01. The second kappa shape index (κ2) is 10.2. The first kappa shape index (κ1) is 26.7. The Hall–Kier alpha value is -2.39. The molecule has 0 spiro atoms. The molecule has 2 aliphatic rings. The molecule has 2 heterocycles. The Morgan fingerprint density at radius 1 is 1.17 bits per heavy atom. The zero-order chi connectivity index (χ0) is 26.3. The van der Waals surface area contributed by atoms with Gasteiger partial charge in [0.1, 0.15) is 10.8 Å². The van der Waals surface area contributed by atoms with Crippen LogP contribution in [-0.4, -0.2) is 44.4 Å². The van der Waals surface area contributed by atoms with Crippen molar-refractivity contribution in [2.45, 2.75) is 66.3 Å². The maximum Gasteiger partial charge on any atom is 0.262 e. The second-order valence-electron chi connectivity index (χ2n) is 11.1. The molecule has 1 saturated heterocycles. The van der Waals surface area contributed by atoms with Gasteiger partial charge in [-0.2, -0.15) is 0 Å². The van der Waals surface area contributed by atoms with Crippen LogP contribution in [0.5, 0.6) is 5.75 Å². The quantitative estimate of drug-likeness (QED) is 0.572. The van der Waals surface area contributed by atoms with Crippen molar-refractivity contribution in [3.05, 3.63) is 45.3 Å². The number of amides is 2. The van der Waals surface area contributed by atoms with Crippen molar-refractivity contribution in [1.29, 1.82) is 0 Å². The molecule has 4 rings (SSSR count). The highest BCUT2D eigenvalue weighted by Gasteiger charge is 2.36. The lowest BCUT2D eigenvalue weighted by atomic mass is 9.72. The van der Waals surface area contributed by atoms with E-state index in [1.54, 1.807) is 0 Å². The zero-order valence-electron chi connectivity index (χ0n) is 21.7. The van der Waals surface area contributed by atoms with Crippen molar-refractivity contribution in [3.63, 3.8) is 0 Å². The molecule has 1 aromatic heterocycles. The van der Waals surface area contributed by atoms with E-state index in [0.29, 0.717) is 28.7 Å². The second-order valence-corrected chi connectivity index (χ2v) is 14.5. The van der Waals surface area contributed by atoms with Crippen molar-refractivity contribution >= 4 is 38.0 Å². The predicted molar refractivity (Wildman–Crippen MR) is 144 cm³/mol. The Balaban J connectivity index is 1.55. The Kier molecular flexibility index (Phi) is 7.53. The van der Waals surface area contributed by atoms with Crippen LogP contribution in [0.4, 0.5) is 5.00 Å². The van der Waals surface area contributed by atoms with Gasteiger partial charge in [-0.05, 0) is 73.6 Å². The van der Waals surface area contributed by atoms with Crippen LogP contribution in [-0.2, 0) is 27.5 Å². The molecule has 1 aliphatic heterocycles. The van der Waals surface area contributed by atoms with Gasteiger partial charge >= 0.3 is 0 Å². The van der Waals surface area contributed by atoms with E-state index in [1.165, 1.54) is 11.3 Å². The van der Waals surface area contributed by atoms with Crippen molar-refractivity contribution < 1.29 is 22.7 Å². The standard InChI is InChI=1S/C27H36N2O5S2/c1-16-7-6-8-21(17(16)2)34-14-23(30)29-26-24(25(31)28-19-11-12-36(32,33)15-19)20-10-9-18(27(3,4)5)13-22(20)35-26/h6-8,18-19H,9-15H2,1-5H3,(H,28,31)(H,29,30). The third-order valence-corrected chi connectivity index (χ3v) is 10.4. The molecule has 2 unspecified atom stereocenters. The van der Waals surface area contributed by atoms with Gasteiger partial charge in [-0.1, -0.05) is 32.9 Å². The number of fused-ring (bicyclic) bond motifs is 1. The molecular weight excluding hydrogens is 496 g/mol. The summed E-state index contributed by atoms with van der Waals surface area (Å²) in [5.74, 6) is 0.545. The largest absolute Gasteiger partial charge is 0.483 e. The van der Waals surface area contributed by atoms with Crippen molar-refractivity contribution in [2.24, 2.45) is 11.3 Å². The topological polar surface area (TPSA) is 102 Å². The van der Waals surface area contributed by atoms with Crippen molar-refractivity contribution in [2.75, 3.05) is 23.4 Å². The number of aryl methyl sites for hydroxylation is 1. The van der Waals surface area contributed by atoms with E-state index in [9.17, 15) is 18.0 Å². The van der Waals surface area contributed by atoms with E-state index in [0.717, 1.165) is 40.8 Å². The third-order valence-electron chi connectivity index (χ3n) is 7.45. The van der Waals surface area contributed by atoms with E-state index in [2.05, 4.69) is 31.4 Å². The number of hydrogen-bond donors (Lipinski definition) is 2. The maximum atomic E-state index is 13.4. The summed E-state index contributed by atoms with van der Waals surface area (Å²) in [5.41, 5.74) is 3.67. The molecule has 2 atom stereocenters. The summed E-state index contributed by atoms with van der Waals surface area (Å²) in [7, 11) is -3.12. The first-order valence-corrected chi connectivity index (χ1v) is 15.1. The molecule has 2 aromatic rings. The fraction of sp³-hybridized carbons (Fsp3) is 0.556. The third kappa shape index (κ3) is 5.94. The molecule has 1 aromatic carbocycles. The van der Waals surface area contributed by atoms with E-state index in [-0.39, 0.29) is 35.3 Å². The average Bonchev–Trinajstić information content (AvgIpc) is 3.32. The first-order chi connectivity index (χ1) is 16.8. The van der Waals surface area contributed by atoms with E-state index in [4.69, 9.17) is 4.74 Å². The molecule has 1 aliphatic carbocycles. The molecule has 196 valence electrons. The molecular formula is C27H36N2O5S2. The van der Waals surface area contributed by atoms with Crippen LogP contribution in [0.1, 0.15) is 65.5 Å². The number of carbonyl (C=O) groups is 2. The van der Waals surface area contributed by atoms with Crippen molar-refractivity contribution in [1.82, 2.24) is 5.32 Å². The Morgan fingerprint density at radius 2 is 1.92 bits per heavy atom. The van der Waals surface area contributed by atoms with Crippen LogP contribution < -0.4 is 15.4 Å². The number of anilines is 1. The molecule has 2 amide bonds. The van der Waals surface area contributed by atoms with Crippen LogP contribution in [0.3, 0.4) is 0 Å². The fourth-order valence-corrected chi connectivity index (χ4v) is 8.02. The molecule has 2 N–H and O–H groups in total. The van der Waals surface area contributed by atoms with Gasteiger partial charge in [0, 0.05) is 10.9 Å². The molecule has 9 heteroatoms. The summed E-state index contributed by atoms with van der Waals surface area (Å²) in [4.78, 5) is 27.4. The van der Waals surface area contributed by atoms with Crippen LogP contribution in [0, 0.1) is 25.2 Å². The summed E-state index contributed by atoms with van der Waals surface area (Å²) in [5, 5.41) is 6.36. The van der Waals surface area contributed by atoms with E-state index in [1.807, 2.05) is 32.0 Å². The number of carbonyl (C=O) groups excluding carboxylic acids is 2. The van der Waals surface area contributed by atoms with Crippen molar-refractivity contribution in [3.8, 4) is 5.75 Å². The van der Waals surface area contributed by atoms with Crippen LogP contribution in [0.25, 0.3) is 0 Å². The Labute approximate surface area is 217 Å². The highest BCUT2D eigenvalue weighted by atomic mass is 32.2. The monoisotopic (exact) mass is 532 g/mol. The normalized spacial score (nSPS) is 21.0. The summed E-state index contributed by atoms with van der Waals surface area (Å²) in [6, 6.07) is 5.31. The number of nitrogens with one attached hydrogen (secondary N) is 2. The van der Waals surface area contributed by atoms with E-state index >= 15 is 0 Å².